The normalized spacial score (nSPS) is 10.9. The molecule has 0 saturated carbocycles. The molecule has 0 bridgehead atoms. The van der Waals surface area contributed by atoms with Crippen LogP contribution >= 0.6 is 0 Å². The van der Waals surface area contributed by atoms with Gasteiger partial charge in [-0.3, -0.25) is 4.79 Å². The molecule has 0 atom stereocenters. The summed E-state index contributed by atoms with van der Waals surface area (Å²) in [6.45, 7) is 5.01. The molecule has 0 heterocycles. The van der Waals surface area contributed by atoms with E-state index in [1.165, 1.54) is 11.1 Å². The number of benzene rings is 3. The molecule has 0 unspecified atom stereocenters. The van der Waals surface area contributed by atoms with Crippen LogP contribution in [0.2, 0.25) is 0 Å². The lowest BCUT2D eigenvalue weighted by molar-refractivity contribution is -0.123. The maximum atomic E-state index is 12.0. The Morgan fingerprint density at radius 2 is 1.69 bits per heavy atom. The van der Waals surface area contributed by atoms with Gasteiger partial charge in [-0.1, -0.05) is 68.4 Å². The molecule has 1 amide bonds. The molecule has 0 aliphatic heterocycles. The molecule has 0 spiro atoms. The summed E-state index contributed by atoms with van der Waals surface area (Å²) in [6, 6.07) is 22.5. The van der Waals surface area contributed by atoms with Crippen molar-refractivity contribution in [3.63, 3.8) is 0 Å². The van der Waals surface area contributed by atoms with Crippen molar-refractivity contribution in [2.45, 2.75) is 26.2 Å². The number of carbonyl (C=O) groups is 1. The van der Waals surface area contributed by atoms with Gasteiger partial charge in [-0.2, -0.15) is 0 Å². The van der Waals surface area contributed by atoms with Crippen molar-refractivity contribution in [3.8, 4) is 5.75 Å². The van der Waals surface area contributed by atoms with Crippen LogP contribution in [0.1, 0.15) is 30.9 Å². The third-order valence-corrected chi connectivity index (χ3v) is 4.47. The first kappa shape index (κ1) is 18.0. The van der Waals surface area contributed by atoms with Gasteiger partial charge >= 0.3 is 0 Å². The van der Waals surface area contributed by atoms with Crippen LogP contribution in [0.25, 0.3) is 10.8 Å². The SMILES string of the molecule is CC(C)c1ccc(CCNC(=O)COc2ccc3ccccc3c2)cc1. The maximum absolute atomic E-state index is 12.0. The summed E-state index contributed by atoms with van der Waals surface area (Å²) >= 11 is 0. The molecule has 3 rings (SSSR count). The molecule has 3 aromatic carbocycles. The number of fused-ring (bicyclic) bond motifs is 1. The second kappa shape index (κ2) is 8.52. The molecular formula is C23H25NO2. The highest BCUT2D eigenvalue weighted by Crippen LogP contribution is 2.20. The molecule has 0 saturated heterocycles. The molecule has 134 valence electrons. The van der Waals surface area contributed by atoms with E-state index in [1.54, 1.807) is 0 Å². The van der Waals surface area contributed by atoms with E-state index in [0.717, 1.165) is 17.2 Å². The summed E-state index contributed by atoms with van der Waals surface area (Å²) in [4.78, 5) is 12.0. The molecule has 26 heavy (non-hydrogen) atoms. The zero-order chi connectivity index (χ0) is 18.4. The molecule has 3 aromatic rings. The lowest BCUT2D eigenvalue weighted by atomic mass is 10.0. The number of hydrogen-bond acceptors (Lipinski definition) is 2. The van der Waals surface area contributed by atoms with E-state index in [4.69, 9.17) is 4.74 Å². The largest absolute Gasteiger partial charge is 0.484 e. The quantitative estimate of drug-likeness (QED) is 0.673. The van der Waals surface area contributed by atoms with Gasteiger partial charge in [0.05, 0.1) is 0 Å². The number of ether oxygens (including phenoxy) is 1. The summed E-state index contributed by atoms with van der Waals surface area (Å²) in [5.74, 6) is 1.15. The van der Waals surface area contributed by atoms with Gasteiger partial charge < -0.3 is 10.1 Å². The Labute approximate surface area is 155 Å². The molecular weight excluding hydrogens is 322 g/mol. The predicted octanol–water partition coefficient (Wildman–Crippen LogP) is 4.70. The fraction of sp³-hybridized carbons (Fsp3) is 0.261. The number of nitrogens with one attached hydrogen (secondary N) is 1. The van der Waals surface area contributed by atoms with Crippen molar-refractivity contribution in [2.75, 3.05) is 13.2 Å². The second-order valence-corrected chi connectivity index (χ2v) is 6.79. The minimum absolute atomic E-state index is 0.0324. The Kier molecular flexibility index (Phi) is 5.90. The second-order valence-electron chi connectivity index (χ2n) is 6.79. The number of hydrogen-bond donors (Lipinski definition) is 1. The smallest absolute Gasteiger partial charge is 0.257 e. The summed E-state index contributed by atoms with van der Waals surface area (Å²) in [7, 11) is 0. The monoisotopic (exact) mass is 347 g/mol. The Balaban J connectivity index is 1.43. The molecule has 0 aliphatic carbocycles. The van der Waals surface area contributed by atoms with Crippen LogP contribution in [-0.4, -0.2) is 19.1 Å². The topological polar surface area (TPSA) is 38.3 Å². The van der Waals surface area contributed by atoms with Crippen LogP contribution in [0.4, 0.5) is 0 Å². The van der Waals surface area contributed by atoms with Crippen LogP contribution in [0.3, 0.4) is 0 Å². The van der Waals surface area contributed by atoms with Gasteiger partial charge in [0.15, 0.2) is 6.61 Å². The first-order valence-electron chi connectivity index (χ1n) is 9.09. The molecule has 0 fully saturated rings. The fourth-order valence-corrected chi connectivity index (χ4v) is 2.87. The van der Waals surface area contributed by atoms with Gasteiger partial charge in [0.25, 0.3) is 5.91 Å². The van der Waals surface area contributed by atoms with Crippen LogP contribution < -0.4 is 10.1 Å². The van der Waals surface area contributed by atoms with Crippen molar-refractivity contribution < 1.29 is 9.53 Å². The van der Waals surface area contributed by atoms with E-state index in [-0.39, 0.29) is 12.5 Å². The van der Waals surface area contributed by atoms with E-state index in [9.17, 15) is 4.79 Å². The molecule has 3 nitrogen and oxygen atoms in total. The first-order valence-corrected chi connectivity index (χ1v) is 9.09. The standard InChI is InChI=1S/C23H25NO2/c1-17(2)19-9-7-18(8-10-19)13-14-24-23(25)16-26-22-12-11-20-5-3-4-6-21(20)15-22/h3-12,15,17H,13-14,16H2,1-2H3,(H,24,25). The van der Waals surface area contributed by atoms with E-state index in [2.05, 4.69) is 49.5 Å². The van der Waals surface area contributed by atoms with Gasteiger partial charge in [0, 0.05) is 6.54 Å². The summed E-state index contributed by atoms with van der Waals surface area (Å²) in [6.07, 6.45) is 0.820. The third kappa shape index (κ3) is 4.85. The van der Waals surface area contributed by atoms with E-state index >= 15 is 0 Å². The van der Waals surface area contributed by atoms with Crippen LogP contribution in [0, 0.1) is 0 Å². The summed E-state index contributed by atoms with van der Waals surface area (Å²) in [5.41, 5.74) is 2.56. The van der Waals surface area contributed by atoms with E-state index in [0.29, 0.717) is 18.2 Å². The van der Waals surface area contributed by atoms with Crippen molar-refractivity contribution >= 4 is 16.7 Å². The number of rotatable bonds is 7. The highest BCUT2D eigenvalue weighted by Gasteiger charge is 2.04. The highest BCUT2D eigenvalue weighted by atomic mass is 16.5. The molecule has 0 aliphatic rings. The third-order valence-electron chi connectivity index (χ3n) is 4.47. The predicted molar refractivity (Wildman–Crippen MR) is 107 cm³/mol. The Hall–Kier alpha value is -2.81. The van der Waals surface area contributed by atoms with Gasteiger partial charge in [-0.05, 0) is 46.4 Å². The Bertz CT molecular complexity index is 869. The highest BCUT2D eigenvalue weighted by molar-refractivity contribution is 5.84. The van der Waals surface area contributed by atoms with Gasteiger partial charge in [-0.25, -0.2) is 0 Å². The van der Waals surface area contributed by atoms with Crippen molar-refractivity contribution in [2.24, 2.45) is 0 Å². The van der Waals surface area contributed by atoms with Crippen molar-refractivity contribution in [1.82, 2.24) is 5.32 Å². The minimum atomic E-state index is -0.100. The molecule has 0 aromatic heterocycles. The van der Waals surface area contributed by atoms with Crippen molar-refractivity contribution in [1.29, 1.82) is 0 Å². The Morgan fingerprint density at radius 3 is 2.42 bits per heavy atom. The maximum Gasteiger partial charge on any atom is 0.257 e. The number of carbonyl (C=O) groups excluding carboxylic acids is 1. The fourth-order valence-electron chi connectivity index (χ4n) is 2.87. The van der Waals surface area contributed by atoms with E-state index in [1.807, 2.05) is 36.4 Å². The molecule has 1 N–H and O–H groups in total. The Morgan fingerprint density at radius 1 is 0.962 bits per heavy atom. The number of amides is 1. The van der Waals surface area contributed by atoms with Crippen LogP contribution in [0.5, 0.6) is 5.75 Å². The molecule has 3 heteroatoms. The average Bonchev–Trinajstić information content (AvgIpc) is 2.66. The van der Waals surface area contributed by atoms with Crippen molar-refractivity contribution in [3.05, 3.63) is 77.9 Å². The van der Waals surface area contributed by atoms with E-state index < -0.39 is 0 Å². The lowest BCUT2D eigenvalue weighted by Crippen LogP contribution is -2.30. The lowest BCUT2D eigenvalue weighted by Gasteiger charge is -2.09. The summed E-state index contributed by atoms with van der Waals surface area (Å²) < 4.78 is 5.61. The van der Waals surface area contributed by atoms with Crippen LogP contribution in [0.15, 0.2) is 66.7 Å². The first-order chi connectivity index (χ1) is 12.6. The van der Waals surface area contributed by atoms with Gasteiger partial charge in [0.2, 0.25) is 0 Å². The summed E-state index contributed by atoms with van der Waals surface area (Å²) in [5, 5.41) is 5.18. The molecule has 0 radical (unpaired) electrons. The zero-order valence-corrected chi connectivity index (χ0v) is 15.4. The van der Waals surface area contributed by atoms with Crippen LogP contribution in [-0.2, 0) is 11.2 Å². The minimum Gasteiger partial charge on any atom is -0.484 e. The zero-order valence-electron chi connectivity index (χ0n) is 15.4. The van der Waals surface area contributed by atoms with Gasteiger partial charge in [0.1, 0.15) is 5.75 Å². The van der Waals surface area contributed by atoms with Gasteiger partial charge in [-0.15, -0.1) is 0 Å². The average molecular weight is 347 g/mol.